The monoisotopic (exact) mass is 321 g/mol. The van der Waals surface area contributed by atoms with Crippen LogP contribution in [0.25, 0.3) is 0 Å². The Morgan fingerprint density at radius 2 is 2.00 bits per heavy atom. The van der Waals surface area contributed by atoms with E-state index in [4.69, 9.17) is 9.52 Å². The summed E-state index contributed by atoms with van der Waals surface area (Å²) in [7, 11) is -3.70. The Bertz CT molecular complexity index is 866. The zero-order valence-corrected chi connectivity index (χ0v) is 13.0. The highest BCUT2D eigenvalue weighted by atomic mass is 32.2. The highest BCUT2D eigenvalue weighted by Crippen LogP contribution is 2.35. The van der Waals surface area contributed by atoms with Crippen LogP contribution in [-0.4, -0.2) is 26.0 Å². The lowest BCUT2D eigenvalue weighted by atomic mass is 10.1. The van der Waals surface area contributed by atoms with Crippen LogP contribution in [0, 0.1) is 13.8 Å². The van der Waals surface area contributed by atoms with Crippen molar-refractivity contribution in [2.24, 2.45) is 0 Å². The molecule has 0 saturated heterocycles. The summed E-state index contributed by atoms with van der Waals surface area (Å²) in [6.45, 7) is 3.61. The van der Waals surface area contributed by atoms with Crippen LogP contribution >= 0.6 is 0 Å². The third-order valence-corrected chi connectivity index (χ3v) is 5.66. The van der Waals surface area contributed by atoms with Gasteiger partial charge in [0.15, 0.2) is 0 Å². The first-order valence-electron chi connectivity index (χ1n) is 6.76. The van der Waals surface area contributed by atoms with E-state index in [1.165, 1.54) is 22.5 Å². The molecule has 1 aromatic carbocycles. The van der Waals surface area contributed by atoms with Crippen molar-refractivity contribution >= 4 is 21.7 Å². The van der Waals surface area contributed by atoms with Gasteiger partial charge in [-0.05, 0) is 44.0 Å². The van der Waals surface area contributed by atoms with Gasteiger partial charge in [0.1, 0.15) is 16.4 Å². The first-order valence-corrected chi connectivity index (χ1v) is 8.20. The molecule has 0 saturated carbocycles. The number of carboxylic acid groups (broad SMARTS) is 1. The molecule has 0 bridgehead atoms. The van der Waals surface area contributed by atoms with Gasteiger partial charge >= 0.3 is 5.97 Å². The maximum absolute atomic E-state index is 12.8. The van der Waals surface area contributed by atoms with Gasteiger partial charge in [-0.15, -0.1) is 0 Å². The number of carbonyl (C=O) groups is 1. The van der Waals surface area contributed by atoms with Crippen LogP contribution in [0.1, 0.15) is 27.4 Å². The summed E-state index contributed by atoms with van der Waals surface area (Å²) in [5, 5.41) is 9.01. The molecule has 1 aromatic heterocycles. The van der Waals surface area contributed by atoms with E-state index in [1.54, 1.807) is 19.9 Å². The molecule has 116 valence electrons. The maximum atomic E-state index is 12.8. The molecule has 0 aliphatic carbocycles. The number of nitrogens with zero attached hydrogens (tertiary/aromatic N) is 1. The van der Waals surface area contributed by atoms with Gasteiger partial charge in [0, 0.05) is 12.6 Å². The minimum atomic E-state index is -3.70. The number of hydrogen-bond donors (Lipinski definition) is 1. The normalized spacial score (nSPS) is 14.2. The van der Waals surface area contributed by atoms with E-state index in [9.17, 15) is 13.2 Å². The number of benzene rings is 1. The van der Waals surface area contributed by atoms with E-state index in [0.29, 0.717) is 30.2 Å². The van der Waals surface area contributed by atoms with Crippen LogP contribution in [0.3, 0.4) is 0 Å². The van der Waals surface area contributed by atoms with E-state index in [-0.39, 0.29) is 10.5 Å². The molecule has 1 aliphatic heterocycles. The molecule has 0 atom stereocenters. The number of aryl methyl sites for hydroxylation is 2. The highest BCUT2D eigenvalue weighted by molar-refractivity contribution is 7.92. The number of anilines is 1. The lowest BCUT2D eigenvalue weighted by Crippen LogP contribution is -2.29. The van der Waals surface area contributed by atoms with Crippen molar-refractivity contribution < 1.29 is 22.7 Å². The fraction of sp³-hybridized carbons (Fsp3) is 0.267. The van der Waals surface area contributed by atoms with Gasteiger partial charge in [0.2, 0.25) is 0 Å². The average molecular weight is 321 g/mol. The molecule has 0 unspecified atom stereocenters. The molecule has 1 aliphatic rings. The topological polar surface area (TPSA) is 87.8 Å². The maximum Gasteiger partial charge on any atom is 0.335 e. The zero-order chi connectivity index (χ0) is 16.1. The largest absolute Gasteiger partial charge is 0.478 e. The molecule has 2 aromatic rings. The highest BCUT2D eigenvalue weighted by Gasteiger charge is 2.33. The van der Waals surface area contributed by atoms with Crippen LogP contribution in [0.5, 0.6) is 0 Å². The van der Waals surface area contributed by atoms with Gasteiger partial charge in [-0.2, -0.15) is 0 Å². The van der Waals surface area contributed by atoms with E-state index >= 15 is 0 Å². The first-order chi connectivity index (χ1) is 10.3. The summed E-state index contributed by atoms with van der Waals surface area (Å²) in [6.07, 6.45) is 0.492. The molecule has 0 radical (unpaired) electrons. The van der Waals surface area contributed by atoms with E-state index in [1.807, 2.05) is 0 Å². The second-order valence-corrected chi connectivity index (χ2v) is 7.08. The SMILES string of the molecule is Cc1cc(S(=O)(=O)N2CCc3cc(C(=O)O)ccc32)c(C)o1. The summed E-state index contributed by atoms with van der Waals surface area (Å²) < 4.78 is 32.2. The van der Waals surface area contributed by atoms with Crippen LogP contribution < -0.4 is 4.31 Å². The lowest BCUT2D eigenvalue weighted by Gasteiger charge is -2.19. The number of furan rings is 1. The van der Waals surface area contributed by atoms with E-state index < -0.39 is 16.0 Å². The molecular weight excluding hydrogens is 306 g/mol. The molecule has 1 N–H and O–H groups in total. The number of aromatic carboxylic acids is 1. The number of carboxylic acids is 1. The molecule has 3 rings (SSSR count). The Kier molecular flexibility index (Phi) is 3.25. The summed E-state index contributed by atoms with van der Waals surface area (Å²) in [5.41, 5.74) is 1.41. The van der Waals surface area contributed by atoms with Crippen molar-refractivity contribution in [3.63, 3.8) is 0 Å². The summed E-state index contributed by atoms with van der Waals surface area (Å²) in [6, 6.07) is 6.00. The number of hydrogen-bond acceptors (Lipinski definition) is 4. The third kappa shape index (κ3) is 2.18. The fourth-order valence-electron chi connectivity index (χ4n) is 2.74. The second kappa shape index (κ2) is 4.88. The quantitative estimate of drug-likeness (QED) is 0.937. The third-order valence-electron chi connectivity index (χ3n) is 3.74. The molecule has 0 fully saturated rings. The Morgan fingerprint density at radius 3 is 2.59 bits per heavy atom. The second-order valence-electron chi connectivity index (χ2n) is 5.25. The minimum Gasteiger partial charge on any atom is -0.478 e. The number of sulfonamides is 1. The molecular formula is C15H15NO5S. The molecule has 6 nitrogen and oxygen atoms in total. The van der Waals surface area contributed by atoms with Crippen molar-refractivity contribution in [3.05, 3.63) is 46.9 Å². The van der Waals surface area contributed by atoms with Crippen LogP contribution in [0.2, 0.25) is 0 Å². The van der Waals surface area contributed by atoms with Gasteiger partial charge in [-0.1, -0.05) is 0 Å². The predicted octanol–water partition coefficient (Wildman–Crippen LogP) is 2.35. The van der Waals surface area contributed by atoms with Crippen LogP contribution in [0.4, 0.5) is 5.69 Å². The Morgan fingerprint density at radius 1 is 1.27 bits per heavy atom. The smallest absolute Gasteiger partial charge is 0.335 e. The van der Waals surface area contributed by atoms with Gasteiger partial charge < -0.3 is 9.52 Å². The average Bonchev–Trinajstić information content (AvgIpc) is 3.01. The van der Waals surface area contributed by atoms with Gasteiger partial charge in [-0.25, -0.2) is 13.2 Å². The van der Waals surface area contributed by atoms with Crippen LogP contribution in [0.15, 0.2) is 33.6 Å². The number of rotatable bonds is 3. The molecule has 2 heterocycles. The Hall–Kier alpha value is -2.28. The number of fused-ring (bicyclic) bond motifs is 1. The van der Waals surface area contributed by atoms with Gasteiger partial charge in [0.05, 0.1) is 11.3 Å². The van der Waals surface area contributed by atoms with Gasteiger partial charge in [0.25, 0.3) is 10.0 Å². The standard InChI is InChI=1S/C15H15NO5S/c1-9-7-14(10(2)21-9)22(19,20)16-6-5-11-8-12(15(17)18)3-4-13(11)16/h3-4,7-8H,5-6H2,1-2H3,(H,17,18). The summed E-state index contributed by atoms with van der Waals surface area (Å²) >= 11 is 0. The molecule has 22 heavy (non-hydrogen) atoms. The van der Waals surface area contributed by atoms with Crippen molar-refractivity contribution in [1.82, 2.24) is 0 Å². The minimum absolute atomic E-state index is 0.153. The Labute approximate surface area is 128 Å². The van der Waals surface area contributed by atoms with Crippen molar-refractivity contribution in [3.8, 4) is 0 Å². The van der Waals surface area contributed by atoms with Crippen LogP contribution in [-0.2, 0) is 16.4 Å². The summed E-state index contributed by atoms with van der Waals surface area (Å²) in [5.74, 6) is -0.129. The first kappa shape index (κ1) is 14.6. The molecule has 0 amide bonds. The van der Waals surface area contributed by atoms with Crippen molar-refractivity contribution in [1.29, 1.82) is 0 Å². The lowest BCUT2D eigenvalue weighted by molar-refractivity contribution is 0.0697. The van der Waals surface area contributed by atoms with Gasteiger partial charge in [-0.3, -0.25) is 4.31 Å². The zero-order valence-electron chi connectivity index (χ0n) is 12.2. The summed E-state index contributed by atoms with van der Waals surface area (Å²) in [4.78, 5) is 11.2. The predicted molar refractivity (Wildman–Crippen MR) is 79.8 cm³/mol. The Balaban J connectivity index is 2.06. The fourth-order valence-corrected chi connectivity index (χ4v) is 4.46. The van der Waals surface area contributed by atoms with Crippen molar-refractivity contribution in [2.45, 2.75) is 25.2 Å². The van der Waals surface area contributed by atoms with E-state index in [0.717, 1.165) is 5.56 Å². The molecule has 7 heteroatoms. The van der Waals surface area contributed by atoms with Crippen molar-refractivity contribution in [2.75, 3.05) is 10.8 Å². The van der Waals surface area contributed by atoms with E-state index in [2.05, 4.69) is 0 Å². The molecule has 0 spiro atoms.